The van der Waals surface area contributed by atoms with Crippen molar-refractivity contribution in [2.75, 3.05) is 5.75 Å². The highest BCUT2D eigenvalue weighted by molar-refractivity contribution is 7.99. The number of rotatable bonds is 9. The third-order valence-corrected chi connectivity index (χ3v) is 9.04. The molecule has 1 spiro atoms. The highest BCUT2D eigenvalue weighted by atomic mass is 32.2. The Kier molecular flexibility index (Phi) is 7.77. The maximum absolute atomic E-state index is 14.4. The van der Waals surface area contributed by atoms with Crippen molar-refractivity contribution in [2.45, 2.75) is 94.7 Å². The van der Waals surface area contributed by atoms with Gasteiger partial charge in [0.2, 0.25) is 0 Å². The third kappa shape index (κ3) is 5.14. The summed E-state index contributed by atoms with van der Waals surface area (Å²) in [7, 11) is 0. The second kappa shape index (κ2) is 11.2. The van der Waals surface area contributed by atoms with Crippen LogP contribution < -0.4 is 5.56 Å². The highest BCUT2D eigenvalue weighted by Gasteiger charge is 2.43. The molecule has 0 N–H and O–H groups in total. The molecule has 2 aromatic carbocycles. The van der Waals surface area contributed by atoms with Gasteiger partial charge >= 0.3 is 0 Å². The minimum atomic E-state index is -0.0508. The van der Waals surface area contributed by atoms with Crippen LogP contribution in [0.3, 0.4) is 0 Å². The van der Waals surface area contributed by atoms with E-state index in [1.807, 2.05) is 4.57 Å². The normalized spacial score (nSPS) is 16.1. The first-order valence-corrected chi connectivity index (χ1v) is 14.6. The molecular weight excluding hydrogens is 448 g/mol. The van der Waals surface area contributed by atoms with Gasteiger partial charge in [-0.1, -0.05) is 112 Å². The van der Waals surface area contributed by atoms with Crippen LogP contribution in [0.4, 0.5) is 0 Å². The molecule has 0 bridgehead atoms. The molecule has 184 valence electrons. The Labute approximate surface area is 214 Å². The van der Waals surface area contributed by atoms with Crippen molar-refractivity contribution in [2.24, 2.45) is 0 Å². The molecule has 2 aliphatic rings. The molecule has 3 aromatic rings. The van der Waals surface area contributed by atoms with Crippen molar-refractivity contribution < 1.29 is 0 Å². The lowest BCUT2D eigenvalue weighted by molar-refractivity contribution is 0.282. The van der Waals surface area contributed by atoms with Crippen molar-refractivity contribution >= 4 is 11.8 Å². The van der Waals surface area contributed by atoms with Crippen LogP contribution in [0.1, 0.15) is 81.4 Å². The van der Waals surface area contributed by atoms with Crippen LogP contribution in [0.2, 0.25) is 0 Å². The lowest BCUT2D eigenvalue weighted by Crippen LogP contribution is -2.43. The summed E-state index contributed by atoms with van der Waals surface area (Å²) in [5, 5.41) is 0.906. The van der Waals surface area contributed by atoms with Gasteiger partial charge in [0.05, 0.1) is 11.3 Å². The van der Waals surface area contributed by atoms with E-state index in [9.17, 15) is 4.79 Å². The monoisotopic (exact) mass is 486 g/mol. The van der Waals surface area contributed by atoms with E-state index in [-0.39, 0.29) is 11.0 Å². The molecule has 1 fully saturated rings. The van der Waals surface area contributed by atoms with Gasteiger partial charge in [-0.3, -0.25) is 9.36 Å². The maximum atomic E-state index is 14.4. The van der Waals surface area contributed by atoms with Gasteiger partial charge in [0.15, 0.2) is 5.16 Å². The number of hydrogen-bond donors (Lipinski definition) is 0. The largest absolute Gasteiger partial charge is 0.287 e. The number of nitrogens with zero attached hydrogens (tertiary/aromatic N) is 2. The molecular formula is C31H38N2OS. The molecule has 1 heterocycles. The van der Waals surface area contributed by atoms with E-state index in [4.69, 9.17) is 4.98 Å². The molecule has 2 aliphatic carbocycles. The second-order valence-electron chi connectivity index (χ2n) is 10.4. The van der Waals surface area contributed by atoms with Crippen molar-refractivity contribution in [3.8, 4) is 11.3 Å². The summed E-state index contributed by atoms with van der Waals surface area (Å²) in [6, 6.07) is 19.2. The average Bonchev–Trinajstić information content (AvgIpc) is 2.89. The SMILES string of the molecule is CCCCCCSc1nc2c(c(=O)n1CCc1ccccc1)C1(CCCCC1)Cc1ccccc1-2. The predicted octanol–water partition coefficient (Wildman–Crippen LogP) is 7.58. The molecule has 3 nitrogen and oxygen atoms in total. The van der Waals surface area contributed by atoms with Crippen LogP contribution in [-0.4, -0.2) is 15.3 Å². The lowest BCUT2D eigenvalue weighted by atomic mass is 9.62. The number of aryl methyl sites for hydroxylation is 1. The number of fused-ring (bicyclic) bond motifs is 4. The molecule has 1 aromatic heterocycles. The van der Waals surface area contributed by atoms with E-state index in [2.05, 4.69) is 61.5 Å². The van der Waals surface area contributed by atoms with Gasteiger partial charge in [0, 0.05) is 23.3 Å². The van der Waals surface area contributed by atoms with E-state index < -0.39 is 0 Å². The summed E-state index contributed by atoms with van der Waals surface area (Å²) in [5.41, 5.74) is 5.98. The molecule has 0 unspecified atom stereocenters. The standard InChI is InChI=1S/C31H38N2OS/c1-2-3-4-13-22-35-30-32-28-26-17-10-9-16-25(26)23-31(19-11-6-12-20-31)27(28)29(34)33(30)21-18-24-14-7-5-8-15-24/h5,7-10,14-17H,2-4,6,11-13,18-23H2,1H3. The Morgan fingerprint density at radius 3 is 2.51 bits per heavy atom. The van der Waals surface area contributed by atoms with E-state index in [1.165, 1.54) is 61.6 Å². The van der Waals surface area contributed by atoms with Gasteiger partial charge in [-0.15, -0.1) is 0 Å². The number of benzene rings is 2. The zero-order valence-electron chi connectivity index (χ0n) is 21.1. The zero-order chi connectivity index (χ0) is 24.1. The lowest BCUT2D eigenvalue weighted by Gasteiger charge is -2.42. The summed E-state index contributed by atoms with van der Waals surface area (Å²) < 4.78 is 2.03. The summed E-state index contributed by atoms with van der Waals surface area (Å²) in [6.07, 6.45) is 12.7. The van der Waals surface area contributed by atoms with Gasteiger partial charge in [-0.05, 0) is 43.2 Å². The average molecular weight is 487 g/mol. The van der Waals surface area contributed by atoms with Gasteiger partial charge in [-0.2, -0.15) is 0 Å². The van der Waals surface area contributed by atoms with Crippen LogP contribution >= 0.6 is 11.8 Å². The van der Waals surface area contributed by atoms with E-state index in [0.717, 1.165) is 47.8 Å². The number of hydrogen-bond acceptors (Lipinski definition) is 3. The molecule has 0 amide bonds. The Bertz CT molecular complexity index is 1190. The Balaban J connectivity index is 1.58. The van der Waals surface area contributed by atoms with Crippen LogP contribution in [-0.2, 0) is 24.8 Å². The van der Waals surface area contributed by atoms with Gasteiger partial charge in [-0.25, -0.2) is 4.98 Å². The molecule has 5 rings (SSSR count). The summed E-state index contributed by atoms with van der Waals surface area (Å²) in [6.45, 7) is 2.94. The van der Waals surface area contributed by atoms with E-state index in [0.29, 0.717) is 6.54 Å². The third-order valence-electron chi connectivity index (χ3n) is 7.97. The van der Waals surface area contributed by atoms with Crippen LogP contribution in [0.5, 0.6) is 0 Å². The molecule has 0 radical (unpaired) electrons. The number of thioether (sulfide) groups is 1. The first kappa shape index (κ1) is 24.4. The first-order valence-electron chi connectivity index (χ1n) is 13.6. The fraction of sp³-hybridized carbons (Fsp3) is 0.484. The van der Waals surface area contributed by atoms with Gasteiger partial charge < -0.3 is 0 Å². The summed E-state index contributed by atoms with van der Waals surface area (Å²) in [4.78, 5) is 19.7. The fourth-order valence-electron chi connectivity index (χ4n) is 6.11. The van der Waals surface area contributed by atoms with Crippen molar-refractivity contribution in [1.29, 1.82) is 0 Å². The summed E-state index contributed by atoms with van der Waals surface area (Å²) in [5.74, 6) is 1.02. The molecule has 1 saturated carbocycles. The van der Waals surface area contributed by atoms with Gasteiger partial charge in [0.1, 0.15) is 0 Å². The van der Waals surface area contributed by atoms with Crippen LogP contribution in [0, 0.1) is 0 Å². The first-order chi connectivity index (χ1) is 17.2. The predicted molar refractivity (Wildman–Crippen MR) is 147 cm³/mol. The Hall–Kier alpha value is -2.33. The van der Waals surface area contributed by atoms with E-state index >= 15 is 0 Å². The zero-order valence-corrected chi connectivity index (χ0v) is 21.9. The summed E-state index contributed by atoms with van der Waals surface area (Å²) >= 11 is 1.78. The Morgan fingerprint density at radius 1 is 0.943 bits per heavy atom. The van der Waals surface area contributed by atoms with E-state index in [1.54, 1.807) is 11.8 Å². The molecule has 35 heavy (non-hydrogen) atoms. The smallest absolute Gasteiger partial charge is 0.258 e. The topological polar surface area (TPSA) is 34.9 Å². The van der Waals surface area contributed by atoms with Crippen molar-refractivity contribution in [3.05, 3.63) is 81.6 Å². The molecule has 4 heteroatoms. The van der Waals surface area contributed by atoms with Gasteiger partial charge in [0.25, 0.3) is 5.56 Å². The molecule has 0 atom stereocenters. The Morgan fingerprint density at radius 2 is 1.71 bits per heavy atom. The minimum Gasteiger partial charge on any atom is -0.287 e. The number of unbranched alkanes of at least 4 members (excludes halogenated alkanes) is 3. The highest BCUT2D eigenvalue weighted by Crippen LogP contribution is 2.48. The van der Waals surface area contributed by atoms with Crippen LogP contribution in [0.25, 0.3) is 11.3 Å². The van der Waals surface area contributed by atoms with Crippen molar-refractivity contribution in [3.63, 3.8) is 0 Å². The fourth-order valence-corrected chi connectivity index (χ4v) is 7.12. The molecule has 0 aliphatic heterocycles. The minimum absolute atomic E-state index is 0.0508. The van der Waals surface area contributed by atoms with Crippen LogP contribution in [0.15, 0.2) is 64.5 Å². The molecule has 0 saturated heterocycles. The maximum Gasteiger partial charge on any atom is 0.258 e. The quantitative estimate of drug-likeness (QED) is 0.178. The number of aromatic nitrogens is 2. The second-order valence-corrected chi connectivity index (χ2v) is 11.5. The van der Waals surface area contributed by atoms with Crippen molar-refractivity contribution in [1.82, 2.24) is 9.55 Å².